The highest BCUT2D eigenvalue weighted by atomic mass is 16.7. The van der Waals surface area contributed by atoms with E-state index in [-0.39, 0.29) is 12.5 Å². The molecule has 0 fully saturated rings. The number of hydrogen-bond acceptors (Lipinski definition) is 5. The number of ether oxygens (including phenoxy) is 3. The van der Waals surface area contributed by atoms with Crippen molar-refractivity contribution in [3.8, 4) is 17.2 Å². The van der Waals surface area contributed by atoms with Gasteiger partial charge in [0, 0.05) is 38.4 Å². The average Bonchev–Trinajstić information content (AvgIpc) is 2.82. The van der Waals surface area contributed by atoms with Crippen LogP contribution >= 0.6 is 0 Å². The molecule has 112 valence electrons. The third-order valence-corrected chi connectivity index (χ3v) is 3.20. The van der Waals surface area contributed by atoms with Gasteiger partial charge in [0.25, 0.3) is 0 Å². The molecular weight excluding hydrogens is 258 g/mol. The molecule has 1 aliphatic heterocycles. The van der Waals surface area contributed by atoms with Gasteiger partial charge >= 0.3 is 0 Å². The second-order valence-electron chi connectivity index (χ2n) is 5.46. The highest BCUT2D eigenvalue weighted by molar-refractivity contribution is 5.51. The van der Waals surface area contributed by atoms with Crippen molar-refractivity contribution in [3.05, 3.63) is 17.7 Å². The Balaban J connectivity index is 2.09. The number of fused-ring (bicyclic) bond motifs is 1. The molecule has 0 aromatic heterocycles. The van der Waals surface area contributed by atoms with Gasteiger partial charge in [0.05, 0.1) is 6.61 Å². The van der Waals surface area contributed by atoms with E-state index in [1.54, 1.807) is 13.2 Å². The van der Waals surface area contributed by atoms with Crippen molar-refractivity contribution in [3.63, 3.8) is 0 Å². The van der Waals surface area contributed by atoms with Gasteiger partial charge in [-0.25, -0.2) is 0 Å². The lowest BCUT2D eigenvalue weighted by Gasteiger charge is -2.24. The summed E-state index contributed by atoms with van der Waals surface area (Å²) in [5, 5.41) is 10.1. The van der Waals surface area contributed by atoms with Gasteiger partial charge in [-0.2, -0.15) is 0 Å². The van der Waals surface area contributed by atoms with Gasteiger partial charge in [-0.15, -0.1) is 0 Å². The maximum atomic E-state index is 10.1. The summed E-state index contributed by atoms with van der Waals surface area (Å²) in [7, 11) is 1.70. The summed E-state index contributed by atoms with van der Waals surface area (Å²) >= 11 is 0. The fraction of sp³-hybridized carbons (Fsp3) is 0.600. The SMILES string of the molecule is COCCN(Cc1cc2c(cc1O)OCO2)CC(C)C. The number of rotatable bonds is 7. The monoisotopic (exact) mass is 281 g/mol. The molecule has 0 aliphatic carbocycles. The van der Waals surface area contributed by atoms with Gasteiger partial charge < -0.3 is 19.3 Å². The number of phenolic OH excluding ortho intramolecular Hbond substituents is 1. The Kier molecular flexibility index (Phi) is 5.09. The molecular formula is C15H23NO4. The summed E-state index contributed by atoms with van der Waals surface area (Å²) in [5.41, 5.74) is 0.853. The van der Waals surface area contributed by atoms with Crippen LogP contribution in [0, 0.1) is 5.92 Å². The quantitative estimate of drug-likeness (QED) is 0.830. The van der Waals surface area contributed by atoms with E-state index in [1.165, 1.54) is 0 Å². The number of benzene rings is 1. The van der Waals surface area contributed by atoms with Crippen LogP contribution in [-0.4, -0.2) is 43.6 Å². The lowest BCUT2D eigenvalue weighted by atomic mass is 10.1. The van der Waals surface area contributed by atoms with Crippen molar-refractivity contribution in [1.29, 1.82) is 0 Å². The smallest absolute Gasteiger partial charge is 0.231 e. The highest BCUT2D eigenvalue weighted by Crippen LogP contribution is 2.38. The van der Waals surface area contributed by atoms with E-state index in [0.717, 1.165) is 18.7 Å². The maximum Gasteiger partial charge on any atom is 0.231 e. The molecule has 5 nitrogen and oxygen atoms in total. The first kappa shape index (κ1) is 14.9. The average molecular weight is 281 g/mol. The highest BCUT2D eigenvalue weighted by Gasteiger charge is 2.18. The minimum Gasteiger partial charge on any atom is -0.507 e. The molecule has 0 radical (unpaired) electrons. The van der Waals surface area contributed by atoms with E-state index in [0.29, 0.717) is 30.6 Å². The predicted molar refractivity (Wildman–Crippen MR) is 76.2 cm³/mol. The molecule has 0 saturated heterocycles. The molecule has 1 heterocycles. The maximum absolute atomic E-state index is 10.1. The Bertz CT molecular complexity index is 448. The third-order valence-electron chi connectivity index (χ3n) is 3.20. The number of methoxy groups -OCH3 is 1. The first-order valence-electron chi connectivity index (χ1n) is 6.93. The summed E-state index contributed by atoms with van der Waals surface area (Å²) in [6.07, 6.45) is 0. The van der Waals surface area contributed by atoms with E-state index in [4.69, 9.17) is 14.2 Å². The fourth-order valence-corrected chi connectivity index (χ4v) is 2.31. The van der Waals surface area contributed by atoms with Crippen LogP contribution in [0.25, 0.3) is 0 Å². The topological polar surface area (TPSA) is 51.2 Å². The lowest BCUT2D eigenvalue weighted by molar-refractivity contribution is 0.135. The second-order valence-corrected chi connectivity index (χ2v) is 5.46. The van der Waals surface area contributed by atoms with Gasteiger partial charge in [-0.1, -0.05) is 13.8 Å². The molecule has 0 atom stereocenters. The van der Waals surface area contributed by atoms with Gasteiger partial charge in [-0.3, -0.25) is 4.90 Å². The van der Waals surface area contributed by atoms with Crippen LogP contribution in [0.2, 0.25) is 0 Å². The number of nitrogens with zero attached hydrogens (tertiary/aromatic N) is 1. The van der Waals surface area contributed by atoms with Crippen LogP contribution in [0.4, 0.5) is 0 Å². The van der Waals surface area contributed by atoms with E-state index in [2.05, 4.69) is 18.7 Å². The first-order valence-corrected chi connectivity index (χ1v) is 6.93. The van der Waals surface area contributed by atoms with Gasteiger partial charge in [0.1, 0.15) is 5.75 Å². The largest absolute Gasteiger partial charge is 0.507 e. The zero-order valence-corrected chi connectivity index (χ0v) is 12.4. The Morgan fingerprint density at radius 1 is 1.30 bits per heavy atom. The molecule has 1 aromatic rings. The lowest BCUT2D eigenvalue weighted by Crippen LogP contribution is -2.30. The van der Waals surface area contributed by atoms with Crippen molar-refractivity contribution < 1.29 is 19.3 Å². The summed E-state index contributed by atoms with van der Waals surface area (Å²) in [6, 6.07) is 3.49. The van der Waals surface area contributed by atoms with Gasteiger partial charge in [0.2, 0.25) is 6.79 Å². The van der Waals surface area contributed by atoms with Crippen molar-refractivity contribution in [1.82, 2.24) is 4.90 Å². The van der Waals surface area contributed by atoms with Crippen molar-refractivity contribution >= 4 is 0 Å². The van der Waals surface area contributed by atoms with Crippen LogP contribution in [0.1, 0.15) is 19.4 Å². The fourth-order valence-electron chi connectivity index (χ4n) is 2.31. The van der Waals surface area contributed by atoms with Crippen LogP contribution in [0.15, 0.2) is 12.1 Å². The molecule has 2 rings (SSSR count). The minimum absolute atomic E-state index is 0.220. The summed E-state index contributed by atoms with van der Waals surface area (Å²) < 4.78 is 15.8. The Hall–Kier alpha value is -1.46. The predicted octanol–water partition coefficient (Wildman–Crippen LogP) is 2.23. The van der Waals surface area contributed by atoms with E-state index >= 15 is 0 Å². The molecule has 1 N–H and O–H groups in total. The molecule has 0 amide bonds. The number of aromatic hydroxyl groups is 1. The standard InChI is InChI=1S/C15H23NO4/c1-11(2)8-16(4-5-18-3)9-12-6-14-15(7-13(12)17)20-10-19-14/h6-7,11,17H,4-5,8-10H2,1-3H3. The third kappa shape index (κ3) is 3.77. The van der Waals surface area contributed by atoms with Gasteiger partial charge in [0.15, 0.2) is 11.5 Å². The molecule has 0 unspecified atom stereocenters. The van der Waals surface area contributed by atoms with Crippen molar-refractivity contribution in [2.75, 3.05) is 33.6 Å². The van der Waals surface area contributed by atoms with Crippen molar-refractivity contribution in [2.45, 2.75) is 20.4 Å². The number of phenols is 1. The zero-order valence-electron chi connectivity index (χ0n) is 12.4. The van der Waals surface area contributed by atoms with E-state index in [9.17, 15) is 5.11 Å². The molecule has 20 heavy (non-hydrogen) atoms. The molecule has 5 heteroatoms. The second kappa shape index (κ2) is 6.81. The Morgan fingerprint density at radius 2 is 2.00 bits per heavy atom. The zero-order chi connectivity index (χ0) is 14.5. The van der Waals surface area contributed by atoms with Crippen LogP contribution in [0.3, 0.4) is 0 Å². The summed E-state index contributed by atoms with van der Waals surface area (Å²) in [5.74, 6) is 2.12. The Labute approximate surface area is 120 Å². The summed E-state index contributed by atoms with van der Waals surface area (Å²) in [6.45, 7) is 7.72. The minimum atomic E-state index is 0.220. The molecule has 1 aliphatic rings. The molecule has 0 spiro atoms. The normalized spacial score (nSPS) is 13.4. The summed E-state index contributed by atoms with van der Waals surface area (Å²) in [4.78, 5) is 2.27. The van der Waals surface area contributed by atoms with Crippen LogP contribution in [-0.2, 0) is 11.3 Å². The van der Waals surface area contributed by atoms with E-state index < -0.39 is 0 Å². The van der Waals surface area contributed by atoms with Crippen LogP contribution in [0.5, 0.6) is 17.2 Å². The Morgan fingerprint density at radius 3 is 2.65 bits per heavy atom. The first-order chi connectivity index (χ1) is 9.60. The number of hydrogen-bond donors (Lipinski definition) is 1. The van der Waals surface area contributed by atoms with Crippen molar-refractivity contribution in [2.24, 2.45) is 5.92 Å². The molecule has 1 aromatic carbocycles. The van der Waals surface area contributed by atoms with E-state index in [1.807, 2.05) is 6.07 Å². The molecule has 0 saturated carbocycles. The van der Waals surface area contributed by atoms with Gasteiger partial charge in [-0.05, 0) is 12.0 Å². The van der Waals surface area contributed by atoms with Crippen LogP contribution < -0.4 is 9.47 Å². The molecule has 0 bridgehead atoms.